The Bertz CT molecular complexity index is 289. The standard InChI is InChI=1S/C6H8NO4P/c8-11-12(9,10)5-6-3-1-2-4-7-6/h1-4,8H,5H2,(H,9,10). The van der Waals surface area contributed by atoms with Crippen molar-refractivity contribution in [1.29, 1.82) is 0 Å². The Hall–Kier alpha value is -0.740. The number of aromatic nitrogens is 1. The molecule has 1 heterocycles. The van der Waals surface area contributed by atoms with Gasteiger partial charge < -0.3 is 4.89 Å². The summed E-state index contributed by atoms with van der Waals surface area (Å²) in [6.45, 7) is 0. The maximum Gasteiger partial charge on any atom is 0.361 e. The normalized spacial score (nSPS) is 15.5. The zero-order valence-corrected chi connectivity index (χ0v) is 7.02. The van der Waals surface area contributed by atoms with E-state index in [0.29, 0.717) is 5.69 Å². The van der Waals surface area contributed by atoms with Gasteiger partial charge in [0.2, 0.25) is 0 Å². The molecule has 0 saturated carbocycles. The molecular formula is C6H8NO4P. The SMILES string of the molecule is O=P(O)(Cc1ccccn1)OO. The summed E-state index contributed by atoms with van der Waals surface area (Å²) < 4.78 is 14.2. The first-order valence-electron chi connectivity index (χ1n) is 3.19. The minimum atomic E-state index is -3.90. The molecule has 0 aliphatic heterocycles. The summed E-state index contributed by atoms with van der Waals surface area (Å²) >= 11 is 0. The molecule has 5 nitrogen and oxygen atoms in total. The Labute approximate surface area is 69.1 Å². The largest absolute Gasteiger partial charge is 0.361 e. The summed E-state index contributed by atoms with van der Waals surface area (Å²) in [5, 5.41) is 8.01. The molecule has 0 aromatic carbocycles. The zero-order valence-electron chi connectivity index (χ0n) is 6.12. The van der Waals surface area contributed by atoms with E-state index < -0.39 is 7.60 Å². The fourth-order valence-electron chi connectivity index (χ4n) is 0.725. The van der Waals surface area contributed by atoms with Crippen LogP contribution < -0.4 is 0 Å². The predicted molar refractivity (Wildman–Crippen MR) is 41.5 cm³/mol. The lowest BCUT2D eigenvalue weighted by Gasteiger charge is -2.04. The second kappa shape index (κ2) is 3.78. The van der Waals surface area contributed by atoms with Crippen LogP contribution in [0.1, 0.15) is 5.69 Å². The van der Waals surface area contributed by atoms with Gasteiger partial charge in [0.05, 0.1) is 11.9 Å². The fraction of sp³-hybridized carbons (Fsp3) is 0.167. The van der Waals surface area contributed by atoms with Crippen LogP contribution in [-0.4, -0.2) is 15.1 Å². The van der Waals surface area contributed by atoms with Crippen LogP contribution in [0.3, 0.4) is 0 Å². The molecule has 1 atom stereocenters. The first-order chi connectivity index (χ1) is 5.64. The highest BCUT2D eigenvalue weighted by molar-refractivity contribution is 7.51. The highest BCUT2D eigenvalue weighted by Crippen LogP contribution is 2.43. The molecule has 0 amide bonds. The van der Waals surface area contributed by atoms with E-state index in [1.165, 1.54) is 6.20 Å². The van der Waals surface area contributed by atoms with Crippen LogP contribution in [0.4, 0.5) is 0 Å². The van der Waals surface area contributed by atoms with E-state index in [-0.39, 0.29) is 6.16 Å². The molecule has 0 bridgehead atoms. The molecule has 0 saturated heterocycles. The topological polar surface area (TPSA) is 79.7 Å². The van der Waals surface area contributed by atoms with Crippen molar-refractivity contribution in [3.05, 3.63) is 30.1 Å². The lowest BCUT2D eigenvalue weighted by atomic mass is 10.4. The summed E-state index contributed by atoms with van der Waals surface area (Å²) in [6, 6.07) is 4.94. The molecule has 12 heavy (non-hydrogen) atoms. The summed E-state index contributed by atoms with van der Waals surface area (Å²) in [7, 11) is -3.90. The second-order valence-electron chi connectivity index (χ2n) is 2.20. The molecule has 0 aliphatic carbocycles. The van der Waals surface area contributed by atoms with Crippen molar-refractivity contribution in [3.8, 4) is 0 Å². The van der Waals surface area contributed by atoms with Gasteiger partial charge in [0.25, 0.3) is 0 Å². The van der Waals surface area contributed by atoms with Crippen LogP contribution in [0.25, 0.3) is 0 Å². The summed E-state index contributed by atoms with van der Waals surface area (Å²) in [4.78, 5) is 12.6. The smallest absolute Gasteiger partial charge is 0.323 e. The van der Waals surface area contributed by atoms with Gasteiger partial charge >= 0.3 is 7.60 Å². The van der Waals surface area contributed by atoms with Gasteiger partial charge in [-0.3, -0.25) is 9.55 Å². The maximum absolute atomic E-state index is 10.8. The van der Waals surface area contributed by atoms with E-state index >= 15 is 0 Å². The number of hydrogen-bond donors (Lipinski definition) is 2. The van der Waals surface area contributed by atoms with Gasteiger partial charge in [-0.2, -0.15) is 4.67 Å². The third-order valence-electron chi connectivity index (χ3n) is 1.22. The van der Waals surface area contributed by atoms with E-state index in [2.05, 4.69) is 9.66 Å². The number of pyridine rings is 1. The Morgan fingerprint density at radius 3 is 2.83 bits per heavy atom. The third kappa shape index (κ3) is 2.71. The minimum Gasteiger partial charge on any atom is -0.323 e. The Balaban J connectivity index is 2.71. The lowest BCUT2D eigenvalue weighted by molar-refractivity contribution is -0.146. The maximum atomic E-state index is 10.8. The quantitative estimate of drug-likeness (QED) is 0.425. The Kier molecular flexibility index (Phi) is 2.94. The molecule has 6 heteroatoms. The van der Waals surface area contributed by atoms with Crippen LogP contribution in [0.5, 0.6) is 0 Å². The molecule has 0 radical (unpaired) electrons. The molecule has 66 valence electrons. The summed E-state index contributed by atoms with van der Waals surface area (Å²) in [6.07, 6.45) is 1.21. The minimum absolute atomic E-state index is 0.287. The van der Waals surface area contributed by atoms with Crippen LogP contribution >= 0.6 is 7.60 Å². The van der Waals surface area contributed by atoms with Crippen LogP contribution in [-0.2, 0) is 15.4 Å². The fourth-order valence-corrected chi connectivity index (χ4v) is 1.38. The first-order valence-corrected chi connectivity index (χ1v) is 4.95. The summed E-state index contributed by atoms with van der Waals surface area (Å²) in [5.74, 6) is 0. The number of nitrogens with zero attached hydrogens (tertiary/aromatic N) is 1. The van der Waals surface area contributed by atoms with Gasteiger partial charge in [0.1, 0.15) is 0 Å². The average Bonchev–Trinajstić information content (AvgIpc) is 2.06. The highest BCUT2D eigenvalue weighted by Gasteiger charge is 2.20. The van der Waals surface area contributed by atoms with Gasteiger partial charge in [-0.05, 0) is 12.1 Å². The van der Waals surface area contributed by atoms with Gasteiger partial charge in [-0.25, -0.2) is 5.26 Å². The van der Waals surface area contributed by atoms with Crippen molar-refractivity contribution in [1.82, 2.24) is 4.98 Å². The molecule has 0 spiro atoms. The van der Waals surface area contributed by atoms with Gasteiger partial charge in [0.15, 0.2) is 0 Å². The molecule has 0 fully saturated rings. The first kappa shape index (κ1) is 9.35. The van der Waals surface area contributed by atoms with Gasteiger partial charge in [-0.1, -0.05) is 6.07 Å². The van der Waals surface area contributed by atoms with Crippen molar-refractivity contribution in [2.45, 2.75) is 6.16 Å². The molecule has 2 N–H and O–H groups in total. The van der Waals surface area contributed by atoms with Crippen molar-refractivity contribution < 1.29 is 19.4 Å². The average molecular weight is 189 g/mol. The third-order valence-corrected chi connectivity index (χ3v) is 2.19. The van der Waals surface area contributed by atoms with E-state index in [9.17, 15) is 4.57 Å². The van der Waals surface area contributed by atoms with E-state index in [0.717, 1.165) is 0 Å². The van der Waals surface area contributed by atoms with Crippen LogP contribution in [0.15, 0.2) is 24.4 Å². The number of hydrogen-bond acceptors (Lipinski definition) is 4. The Morgan fingerprint density at radius 2 is 2.33 bits per heavy atom. The van der Waals surface area contributed by atoms with Crippen molar-refractivity contribution >= 4 is 7.60 Å². The molecule has 1 aromatic heterocycles. The van der Waals surface area contributed by atoms with E-state index in [1.807, 2.05) is 0 Å². The molecule has 1 aromatic rings. The van der Waals surface area contributed by atoms with Crippen molar-refractivity contribution in [2.24, 2.45) is 0 Å². The lowest BCUT2D eigenvalue weighted by Crippen LogP contribution is -1.92. The predicted octanol–water partition coefficient (Wildman–Crippen LogP) is 1.26. The van der Waals surface area contributed by atoms with E-state index in [1.54, 1.807) is 18.2 Å². The molecule has 0 aliphatic rings. The van der Waals surface area contributed by atoms with Gasteiger partial charge in [0, 0.05) is 6.20 Å². The Morgan fingerprint density at radius 1 is 1.58 bits per heavy atom. The van der Waals surface area contributed by atoms with Crippen molar-refractivity contribution in [3.63, 3.8) is 0 Å². The second-order valence-corrected chi connectivity index (χ2v) is 3.95. The zero-order chi connectivity index (χ0) is 9.03. The number of rotatable bonds is 3. The molecule has 1 unspecified atom stereocenters. The van der Waals surface area contributed by atoms with Crippen molar-refractivity contribution in [2.75, 3.05) is 0 Å². The monoisotopic (exact) mass is 189 g/mol. The van der Waals surface area contributed by atoms with Crippen LogP contribution in [0.2, 0.25) is 0 Å². The van der Waals surface area contributed by atoms with Gasteiger partial charge in [-0.15, -0.1) is 0 Å². The highest BCUT2D eigenvalue weighted by atomic mass is 31.2. The molecule has 1 rings (SSSR count). The van der Waals surface area contributed by atoms with E-state index in [4.69, 9.17) is 10.2 Å². The summed E-state index contributed by atoms with van der Waals surface area (Å²) in [5.41, 5.74) is 0.400. The molecular weight excluding hydrogens is 181 g/mol. The van der Waals surface area contributed by atoms with Crippen LogP contribution in [0, 0.1) is 0 Å².